The average Bonchev–Trinajstić information content (AvgIpc) is 3.84. The summed E-state index contributed by atoms with van der Waals surface area (Å²) in [6.07, 6.45) is 0.478. The van der Waals surface area contributed by atoms with Crippen molar-refractivity contribution in [3.05, 3.63) is 101 Å². The van der Waals surface area contributed by atoms with Gasteiger partial charge in [0, 0.05) is 18.6 Å². The van der Waals surface area contributed by atoms with E-state index in [4.69, 9.17) is 0 Å². The van der Waals surface area contributed by atoms with Gasteiger partial charge in [0.2, 0.25) is 21.8 Å². The number of nitrogens with one attached hydrogen (secondary N) is 3. The number of aliphatic hydroxyl groups is 1. The summed E-state index contributed by atoms with van der Waals surface area (Å²) in [6.45, 7) is 12.9. The van der Waals surface area contributed by atoms with Crippen molar-refractivity contribution in [2.75, 3.05) is 19.6 Å². The highest BCUT2D eigenvalue weighted by Gasteiger charge is 2.45. The predicted octanol–water partition coefficient (Wildman–Crippen LogP) is 4.99. The van der Waals surface area contributed by atoms with Crippen LogP contribution in [0.1, 0.15) is 69.7 Å². The van der Waals surface area contributed by atoms with E-state index in [-0.39, 0.29) is 42.7 Å². The Morgan fingerprint density at radius 1 is 0.920 bits per heavy atom. The second-order valence-electron chi connectivity index (χ2n) is 15.1. The Hall–Kier alpha value is -3.64. The van der Waals surface area contributed by atoms with Gasteiger partial charge in [-0.05, 0) is 91.0 Å². The molecule has 50 heavy (non-hydrogen) atoms. The van der Waals surface area contributed by atoms with Crippen LogP contribution in [0.25, 0.3) is 0 Å². The van der Waals surface area contributed by atoms with Gasteiger partial charge in [0.25, 0.3) is 0 Å². The van der Waals surface area contributed by atoms with E-state index in [0.717, 1.165) is 35.1 Å². The topological polar surface area (TPSA) is 128 Å². The lowest BCUT2D eigenvalue weighted by molar-refractivity contribution is -0.132. The van der Waals surface area contributed by atoms with E-state index in [2.05, 4.69) is 16.0 Å². The van der Waals surface area contributed by atoms with Crippen LogP contribution < -0.4 is 16.0 Å². The van der Waals surface area contributed by atoms with Crippen LogP contribution in [0.15, 0.2) is 77.7 Å². The molecule has 3 aromatic rings. The first-order chi connectivity index (χ1) is 23.4. The lowest BCUT2D eigenvalue weighted by Crippen LogP contribution is -2.59. The van der Waals surface area contributed by atoms with Crippen molar-refractivity contribution in [3.63, 3.8) is 0 Å². The van der Waals surface area contributed by atoms with Crippen LogP contribution >= 0.6 is 0 Å². The Kier molecular flexibility index (Phi) is 12.6. The molecule has 1 aliphatic carbocycles. The molecule has 0 aromatic heterocycles. The molecule has 0 bridgehead atoms. The zero-order valence-electron chi connectivity index (χ0n) is 30.3. The molecule has 3 atom stereocenters. The van der Waals surface area contributed by atoms with Crippen LogP contribution in [-0.2, 0) is 31.6 Å². The van der Waals surface area contributed by atoms with Gasteiger partial charge in [0.1, 0.15) is 11.9 Å². The second kappa shape index (κ2) is 16.1. The van der Waals surface area contributed by atoms with Gasteiger partial charge < -0.3 is 15.7 Å². The smallest absolute Gasteiger partial charge is 0.243 e. The van der Waals surface area contributed by atoms with E-state index in [0.29, 0.717) is 0 Å². The highest BCUT2D eigenvalue weighted by atomic mass is 32.2. The number of halogens is 1. The Labute approximate surface area is 297 Å². The molecule has 11 heteroatoms. The van der Waals surface area contributed by atoms with Crippen LogP contribution in [-0.4, -0.2) is 67.5 Å². The van der Waals surface area contributed by atoms with Gasteiger partial charge in [-0.25, -0.2) is 12.8 Å². The third kappa shape index (κ3) is 10.2. The lowest BCUT2D eigenvalue weighted by atomic mass is 9.85. The maximum absolute atomic E-state index is 14.0. The minimum atomic E-state index is -3.98. The van der Waals surface area contributed by atoms with E-state index in [1.165, 1.54) is 16.4 Å². The molecular formula is C39H53FN4O5S. The number of benzene rings is 3. The first-order valence-corrected chi connectivity index (χ1v) is 18.8. The summed E-state index contributed by atoms with van der Waals surface area (Å²) in [4.78, 5) is 27.4. The third-order valence-corrected chi connectivity index (χ3v) is 11.1. The molecule has 272 valence electrons. The van der Waals surface area contributed by atoms with Crippen molar-refractivity contribution < 1.29 is 27.5 Å². The molecular weight excluding hydrogens is 656 g/mol. The van der Waals surface area contributed by atoms with Crippen molar-refractivity contribution >= 4 is 21.8 Å². The van der Waals surface area contributed by atoms with Gasteiger partial charge >= 0.3 is 0 Å². The summed E-state index contributed by atoms with van der Waals surface area (Å²) in [5.41, 5.74) is 2.25. The zero-order valence-corrected chi connectivity index (χ0v) is 31.1. The van der Waals surface area contributed by atoms with Gasteiger partial charge in [-0.15, -0.1) is 0 Å². The first-order valence-electron chi connectivity index (χ1n) is 17.3. The number of sulfonamides is 1. The average molecular weight is 709 g/mol. The van der Waals surface area contributed by atoms with Crippen LogP contribution in [0.4, 0.5) is 4.39 Å². The molecule has 3 aromatic carbocycles. The summed E-state index contributed by atoms with van der Waals surface area (Å²) in [5.74, 6) is -1.27. The molecule has 3 unspecified atom stereocenters. The number of hydrogen-bond donors (Lipinski definition) is 4. The highest BCUT2D eigenvalue weighted by Crippen LogP contribution is 2.45. The van der Waals surface area contributed by atoms with Gasteiger partial charge in [-0.2, -0.15) is 4.31 Å². The molecule has 1 fully saturated rings. The summed E-state index contributed by atoms with van der Waals surface area (Å²) in [6, 6.07) is 18.8. The molecule has 4 rings (SSSR count). The predicted molar refractivity (Wildman–Crippen MR) is 194 cm³/mol. The number of carbonyl (C=O) groups excluding carboxylic acids is 2. The van der Waals surface area contributed by atoms with Crippen LogP contribution in [0, 0.1) is 31.0 Å². The standard InChI is InChI=1S/C39H53FN4O5S/c1-26(2)24-44(50(48,49)32-17-16-27(3)28(4)20-32)25-34(45)33(21-29-12-9-8-10-13-29)42-37(47)36(38(5,6)7)43-35(46)23-41-39(18-19-39)30-14-11-15-31(40)22-30/h8-17,20,22,26,33-34,36,41,45H,18-19,21,23-25H2,1-7H3,(H,42,47)(H,43,46). The highest BCUT2D eigenvalue weighted by molar-refractivity contribution is 7.89. The summed E-state index contributed by atoms with van der Waals surface area (Å²) < 4.78 is 43.1. The Balaban J connectivity index is 1.53. The van der Waals surface area contributed by atoms with E-state index in [1.54, 1.807) is 24.3 Å². The van der Waals surface area contributed by atoms with Crippen molar-refractivity contribution in [1.82, 2.24) is 20.3 Å². The van der Waals surface area contributed by atoms with Crippen molar-refractivity contribution in [3.8, 4) is 0 Å². The number of carbonyl (C=O) groups is 2. The van der Waals surface area contributed by atoms with Crippen LogP contribution in [0.2, 0.25) is 0 Å². The van der Waals surface area contributed by atoms with Crippen molar-refractivity contribution in [1.29, 1.82) is 0 Å². The second-order valence-corrected chi connectivity index (χ2v) is 17.1. The molecule has 4 N–H and O–H groups in total. The summed E-state index contributed by atoms with van der Waals surface area (Å²) >= 11 is 0. The molecule has 9 nitrogen and oxygen atoms in total. The van der Waals surface area contributed by atoms with E-state index in [1.807, 2.05) is 84.9 Å². The fraction of sp³-hybridized carbons (Fsp3) is 0.487. The zero-order chi connectivity index (χ0) is 36.9. The monoisotopic (exact) mass is 708 g/mol. The summed E-state index contributed by atoms with van der Waals surface area (Å²) in [5, 5.41) is 20.8. The minimum Gasteiger partial charge on any atom is -0.390 e. The summed E-state index contributed by atoms with van der Waals surface area (Å²) in [7, 11) is -3.98. The Morgan fingerprint density at radius 3 is 2.18 bits per heavy atom. The minimum absolute atomic E-state index is 0.0320. The largest absolute Gasteiger partial charge is 0.390 e. The molecule has 1 saturated carbocycles. The molecule has 0 spiro atoms. The number of aliphatic hydroxyl groups excluding tert-OH is 1. The Morgan fingerprint density at radius 2 is 1.60 bits per heavy atom. The van der Waals surface area contributed by atoms with Gasteiger partial charge in [-0.3, -0.25) is 14.9 Å². The SMILES string of the molecule is Cc1ccc(S(=O)(=O)N(CC(C)C)CC(O)C(Cc2ccccc2)NC(=O)C(NC(=O)CNC2(c3cccc(F)c3)CC2)C(C)(C)C)cc1C. The molecule has 0 aliphatic heterocycles. The number of amides is 2. The van der Waals surface area contributed by atoms with E-state index < -0.39 is 51.0 Å². The Bertz CT molecular complexity index is 1740. The first kappa shape index (κ1) is 39.2. The fourth-order valence-corrected chi connectivity index (χ4v) is 7.78. The normalized spacial score (nSPS) is 16.1. The fourth-order valence-electron chi connectivity index (χ4n) is 6.07. The van der Waals surface area contributed by atoms with E-state index in [9.17, 15) is 27.5 Å². The molecule has 1 aliphatic rings. The number of rotatable bonds is 16. The van der Waals surface area contributed by atoms with Gasteiger partial charge in [-0.1, -0.05) is 83.1 Å². The quantitative estimate of drug-likeness (QED) is 0.166. The molecule has 0 radical (unpaired) electrons. The maximum Gasteiger partial charge on any atom is 0.243 e. The van der Waals surface area contributed by atoms with Crippen LogP contribution in [0.5, 0.6) is 0 Å². The third-order valence-electron chi connectivity index (χ3n) is 9.31. The van der Waals surface area contributed by atoms with E-state index >= 15 is 0 Å². The van der Waals surface area contributed by atoms with Crippen LogP contribution in [0.3, 0.4) is 0 Å². The van der Waals surface area contributed by atoms with Gasteiger partial charge in [0.15, 0.2) is 0 Å². The molecule has 0 heterocycles. The number of hydrogen-bond acceptors (Lipinski definition) is 6. The molecule has 0 saturated heterocycles. The maximum atomic E-state index is 14.0. The van der Waals surface area contributed by atoms with Gasteiger partial charge in [0.05, 0.1) is 23.6 Å². The molecule has 2 amide bonds. The number of aryl methyl sites for hydroxylation is 2. The lowest BCUT2D eigenvalue weighted by Gasteiger charge is -2.34. The van der Waals surface area contributed by atoms with Crippen molar-refractivity contribution in [2.45, 2.75) is 96.4 Å². The van der Waals surface area contributed by atoms with Crippen molar-refractivity contribution in [2.24, 2.45) is 11.3 Å². The number of nitrogens with zero attached hydrogens (tertiary/aromatic N) is 1.